The Morgan fingerprint density at radius 1 is 1.27 bits per heavy atom. The van der Waals surface area contributed by atoms with Gasteiger partial charge >= 0.3 is 0 Å². The molecule has 5 nitrogen and oxygen atoms in total. The predicted octanol–water partition coefficient (Wildman–Crippen LogP) is -0.0772. The molecule has 88 valence electrons. The van der Waals surface area contributed by atoms with Gasteiger partial charge in [0.15, 0.2) is 0 Å². The molecule has 0 saturated carbocycles. The zero-order chi connectivity index (χ0) is 10.9. The van der Waals surface area contributed by atoms with E-state index in [-0.39, 0.29) is 11.4 Å². The van der Waals surface area contributed by atoms with E-state index in [2.05, 4.69) is 4.72 Å². The van der Waals surface area contributed by atoms with Crippen molar-refractivity contribution in [1.82, 2.24) is 9.03 Å². The lowest BCUT2D eigenvalue weighted by Gasteiger charge is -2.20. The van der Waals surface area contributed by atoms with Crippen molar-refractivity contribution in [2.24, 2.45) is 0 Å². The van der Waals surface area contributed by atoms with E-state index in [0.717, 1.165) is 12.8 Å². The fraction of sp³-hybridized carbons (Fsp3) is 1.00. The average molecular weight is 255 g/mol. The molecule has 0 aromatic carbocycles. The fourth-order valence-electron chi connectivity index (χ4n) is 1.83. The Balaban J connectivity index is 1.97. The van der Waals surface area contributed by atoms with Crippen LogP contribution in [0.1, 0.15) is 12.8 Å². The smallest absolute Gasteiger partial charge is 0.279 e. The van der Waals surface area contributed by atoms with Gasteiger partial charge in [-0.25, -0.2) is 0 Å². The molecule has 0 aromatic heterocycles. The largest absolute Gasteiger partial charge is 0.378 e. The first-order valence-corrected chi connectivity index (χ1v) is 6.96. The maximum absolute atomic E-state index is 11.8. The molecule has 2 heterocycles. The number of halogens is 1. The Bertz CT molecular complexity index is 316. The molecule has 0 bridgehead atoms. The summed E-state index contributed by atoms with van der Waals surface area (Å²) < 4.78 is 32.8. The molecule has 2 aliphatic rings. The molecule has 7 heteroatoms. The summed E-state index contributed by atoms with van der Waals surface area (Å²) >= 11 is 5.92. The average Bonchev–Trinajstić information content (AvgIpc) is 2.77. The molecule has 15 heavy (non-hydrogen) atoms. The van der Waals surface area contributed by atoms with Gasteiger partial charge in [-0.05, 0) is 12.8 Å². The van der Waals surface area contributed by atoms with Crippen molar-refractivity contribution in [3.63, 3.8) is 0 Å². The molecule has 2 aliphatic heterocycles. The van der Waals surface area contributed by atoms with E-state index in [4.69, 9.17) is 16.3 Å². The van der Waals surface area contributed by atoms with E-state index in [0.29, 0.717) is 26.3 Å². The maximum atomic E-state index is 11.8. The van der Waals surface area contributed by atoms with Crippen molar-refractivity contribution < 1.29 is 13.2 Å². The Morgan fingerprint density at radius 3 is 2.47 bits per heavy atom. The minimum atomic E-state index is -3.36. The van der Waals surface area contributed by atoms with Gasteiger partial charge < -0.3 is 4.74 Å². The van der Waals surface area contributed by atoms with Crippen LogP contribution in [-0.2, 0) is 14.9 Å². The number of ether oxygens (including phenoxy) is 1. The van der Waals surface area contributed by atoms with Crippen LogP contribution in [0.2, 0.25) is 0 Å². The van der Waals surface area contributed by atoms with Gasteiger partial charge in [0.05, 0.1) is 24.6 Å². The molecule has 1 N–H and O–H groups in total. The molecule has 2 atom stereocenters. The van der Waals surface area contributed by atoms with E-state index in [1.165, 1.54) is 4.31 Å². The maximum Gasteiger partial charge on any atom is 0.279 e. The van der Waals surface area contributed by atoms with Gasteiger partial charge in [-0.2, -0.15) is 17.4 Å². The molecule has 0 radical (unpaired) electrons. The first kappa shape index (κ1) is 11.6. The molecule has 0 aromatic rings. The number of nitrogens with zero attached hydrogens (tertiary/aromatic N) is 1. The highest BCUT2D eigenvalue weighted by Crippen LogP contribution is 2.16. The summed E-state index contributed by atoms with van der Waals surface area (Å²) in [4.78, 5) is 0. The van der Waals surface area contributed by atoms with Crippen molar-refractivity contribution in [2.45, 2.75) is 24.3 Å². The molecule has 0 amide bonds. The standard InChI is InChI=1S/C8H15ClN2O3S/c9-7-5-14-6-8(7)10-15(12,13)11-3-1-2-4-11/h7-8,10H,1-6H2. The molecular weight excluding hydrogens is 240 g/mol. The highest BCUT2D eigenvalue weighted by Gasteiger charge is 2.33. The molecule has 2 rings (SSSR count). The number of hydrogen-bond donors (Lipinski definition) is 1. The second kappa shape index (κ2) is 4.55. The summed E-state index contributed by atoms with van der Waals surface area (Å²) in [6, 6.07) is -0.294. The van der Waals surface area contributed by atoms with Gasteiger partial charge in [0.25, 0.3) is 10.2 Å². The summed E-state index contributed by atoms with van der Waals surface area (Å²) in [5, 5.41) is -0.262. The third-order valence-electron chi connectivity index (χ3n) is 2.72. The van der Waals surface area contributed by atoms with Crippen molar-refractivity contribution in [1.29, 1.82) is 0 Å². The minimum Gasteiger partial charge on any atom is -0.378 e. The Kier molecular flexibility index (Phi) is 3.52. The van der Waals surface area contributed by atoms with Gasteiger partial charge in [-0.3, -0.25) is 0 Å². The fourth-order valence-corrected chi connectivity index (χ4v) is 3.63. The van der Waals surface area contributed by atoms with Gasteiger partial charge in [-0.15, -0.1) is 11.6 Å². The zero-order valence-corrected chi connectivity index (χ0v) is 9.93. The lowest BCUT2D eigenvalue weighted by Crippen LogP contribution is -2.47. The summed E-state index contributed by atoms with van der Waals surface area (Å²) in [6.45, 7) is 1.99. The Labute approximate surface area is 94.9 Å². The van der Waals surface area contributed by atoms with E-state index in [9.17, 15) is 8.42 Å². The Hall–Kier alpha value is 0.120. The van der Waals surface area contributed by atoms with Crippen LogP contribution in [0.5, 0.6) is 0 Å². The lowest BCUT2D eigenvalue weighted by atomic mass is 10.3. The first-order chi connectivity index (χ1) is 7.09. The van der Waals surface area contributed by atoms with Crippen LogP contribution in [0.4, 0.5) is 0 Å². The third kappa shape index (κ3) is 2.62. The van der Waals surface area contributed by atoms with E-state index < -0.39 is 10.2 Å². The molecule has 0 aliphatic carbocycles. The van der Waals surface area contributed by atoms with Gasteiger partial charge in [0.1, 0.15) is 0 Å². The molecule has 0 spiro atoms. The highest BCUT2D eigenvalue weighted by molar-refractivity contribution is 7.87. The quantitative estimate of drug-likeness (QED) is 0.717. The van der Waals surface area contributed by atoms with E-state index >= 15 is 0 Å². The van der Waals surface area contributed by atoms with Crippen molar-refractivity contribution in [3.05, 3.63) is 0 Å². The predicted molar refractivity (Wildman–Crippen MR) is 57.1 cm³/mol. The van der Waals surface area contributed by atoms with Crippen LogP contribution < -0.4 is 4.72 Å². The van der Waals surface area contributed by atoms with Gasteiger partial charge in [0, 0.05) is 13.1 Å². The number of hydrogen-bond acceptors (Lipinski definition) is 3. The van der Waals surface area contributed by atoms with Gasteiger partial charge in [0.2, 0.25) is 0 Å². The second-order valence-electron chi connectivity index (χ2n) is 3.89. The van der Waals surface area contributed by atoms with E-state index in [1.54, 1.807) is 0 Å². The monoisotopic (exact) mass is 254 g/mol. The summed E-state index contributed by atoms with van der Waals surface area (Å²) in [7, 11) is -3.36. The first-order valence-electron chi connectivity index (χ1n) is 5.09. The number of nitrogens with one attached hydrogen (secondary N) is 1. The normalized spacial score (nSPS) is 33.7. The number of rotatable bonds is 3. The SMILES string of the molecule is O=S(=O)(NC1COCC1Cl)N1CCCC1. The lowest BCUT2D eigenvalue weighted by molar-refractivity contribution is 0.192. The van der Waals surface area contributed by atoms with Crippen LogP contribution in [0.15, 0.2) is 0 Å². The summed E-state index contributed by atoms with van der Waals surface area (Å²) in [5.41, 5.74) is 0. The van der Waals surface area contributed by atoms with E-state index in [1.807, 2.05) is 0 Å². The molecule has 2 saturated heterocycles. The minimum absolute atomic E-state index is 0.262. The van der Waals surface area contributed by atoms with Crippen LogP contribution in [0.25, 0.3) is 0 Å². The molecular formula is C8H15ClN2O3S. The summed E-state index contributed by atoms with van der Waals surface area (Å²) in [5.74, 6) is 0. The molecule has 2 unspecified atom stereocenters. The van der Waals surface area contributed by atoms with Crippen molar-refractivity contribution in [2.75, 3.05) is 26.3 Å². The number of alkyl halides is 1. The van der Waals surface area contributed by atoms with Crippen LogP contribution in [0, 0.1) is 0 Å². The Morgan fingerprint density at radius 2 is 1.93 bits per heavy atom. The highest BCUT2D eigenvalue weighted by atomic mass is 35.5. The summed E-state index contributed by atoms with van der Waals surface area (Å²) in [6.07, 6.45) is 1.87. The van der Waals surface area contributed by atoms with Crippen LogP contribution in [0.3, 0.4) is 0 Å². The van der Waals surface area contributed by atoms with Gasteiger partial charge in [-0.1, -0.05) is 0 Å². The van der Waals surface area contributed by atoms with Crippen LogP contribution >= 0.6 is 11.6 Å². The van der Waals surface area contributed by atoms with Crippen LogP contribution in [-0.4, -0.2) is 50.4 Å². The van der Waals surface area contributed by atoms with Crippen molar-refractivity contribution >= 4 is 21.8 Å². The van der Waals surface area contributed by atoms with Crippen molar-refractivity contribution in [3.8, 4) is 0 Å². The topological polar surface area (TPSA) is 58.6 Å². The molecule has 2 fully saturated rings. The third-order valence-corrected chi connectivity index (χ3v) is 4.79. The zero-order valence-electron chi connectivity index (χ0n) is 8.36. The second-order valence-corrected chi connectivity index (χ2v) is 6.15.